The minimum absolute atomic E-state index is 0.126. The SMILES string of the molecule is COc1c(F)cc(F)cc1CCBr. The van der Waals surface area contributed by atoms with E-state index in [1.807, 2.05) is 0 Å². The summed E-state index contributed by atoms with van der Waals surface area (Å²) in [5, 5.41) is 0.645. The molecule has 0 radical (unpaired) electrons. The van der Waals surface area contributed by atoms with Crippen molar-refractivity contribution in [1.29, 1.82) is 0 Å². The van der Waals surface area contributed by atoms with E-state index in [0.717, 1.165) is 6.07 Å². The summed E-state index contributed by atoms with van der Waals surface area (Å²) in [5.41, 5.74) is 0.539. The Morgan fingerprint density at radius 1 is 1.38 bits per heavy atom. The lowest BCUT2D eigenvalue weighted by molar-refractivity contribution is 0.379. The van der Waals surface area contributed by atoms with E-state index in [-0.39, 0.29) is 5.75 Å². The third-order valence-electron chi connectivity index (χ3n) is 1.65. The molecule has 0 aliphatic heterocycles. The second-order valence-electron chi connectivity index (χ2n) is 2.52. The average Bonchev–Trinajstić information content (AvgIpc) is 2.04. The number of ether oxygens (including phenoxy) is 1. The van der Waals surface area contributed by atoms with Crippen molar-refractivity contribution in [2.75, 3.05) is 12.4 Å². The molecule has 1 aromatic rings. The highest BCUT2D eigenvalue weighted by Crippen LogP contribution is 2.24. The van der Waals surface area contributed by atoms with Crippen molar-refractivity contribution in [3.63, 3.8) is 0 Å². The fourth-order valence-electron chi connectivity index (χ4n) is 1.13. The first-order valence-corrected chi connectivity index (χ1v) is 4.89. The number of halogens is 3. The molecule has 1 aromatic carbocycles. The molecule has 0 aromatic heterocycles. The predicted octanol–water partition coefficient (Wildman–Crippen LogP) is 2.91. The second-order valence-corrected chi connectivity index (χ2v) is 3.31. The summed E-state index contributed by atoms with van der Waals surface area (Å²) in [6.45, 7) is 0. The molecular formula is C9H9BrF2O. The van der Waals surface area contributed by atoms with Crippen LogP contribution in [0, 0.1) is 11.6 Å². The Bertz CT molecular complexity index is 302. The van der Waals surface area contributed by atoms with E-state index in [1.165, 1.54) is 13.2 Å². The van der Waals surface area contributed by atoms with E-state index in [2.05, 4.69) is 15.9 Å². The zero-order valence-corrected chi connectivity index (χ0v) is 8.70. The first kappa shape index (κ1) is 10.4. The fraction of sp³-hybridized carbons (Fsp3) is 0.333. The van der Waals surface area contributed by atoms with Crippen LogP contribution in [0.4, 0.5) is 8.78 Å². The summed E-state index contributed by atoms with van der Waals surface area (Å²) in [6, 6.07) is 2.10. The van der Waals surface area contributed by atoms with E-state index in [9.17, 15) is 8.78 Å². The lowest BCUT2D eigenvalue weighted by atomic mass is 10.1. The largest absolute Gasteiger partial charge is 0.493 e. The van der Waals surface area contributed by atoms with Crippen LogP contribution < -0.4 is 4.74 Å². The number of benzene rings is 1. The van der Waals surface area contributed by atoms with Gasteiger partial charge < -0.3 is 4.74 Å². The molecule has 0 bridgehead atoms. The van der Waals surface area contributed by atoms with Crippen LogP contribution in [-0.4, -0.2) is 12.4 Å². The van der Waals surface area contributed by atoms with Gasteiger partial charge in [0.25, 0.3) is 0 Å². The van der Waals surface area contributed by atoms with Gasteiger partial charge in [0.1, 0.15) is 5.82 Å². The third kappa shape index (κ3) is 2.40. The molecule has 0 saturated carbocycles. The molecule has 0 aliphatic rings. The van der Waals surface area contributed by atoms with E-state index in [4.69, 9.17) is 4.74 Å². The molecule has 0 fully saturated rings. The zero-order valence-electron chi connectivity index (χ0n) is 7.11. The molecule has 0 unspecified atom stereocenters. The van der Waals surface area contributed by atoms with Crippen LogP contribution in [0.2, 0.25) is 0 Å². The highest BCUT2D eigenvalue weighted by atomic mass is 79.9. The van der Waals surface area contributed by atoms with Crippen molar-refractivity contribution in [3.8, 4) is 5.75 Å². The van der Waals surface area contributed by atoms with Crippen LogP contribution in [-0.2, 0) is 6.42 Å². The minimum Gasteiger partial charge on any atom is -0.493 e. The summed E-state index contributed by atoms with van der Waals surface area (Å²) >= 11 is 3.20. The van der Waals surface area contributed by atoms with Gasteiger partial charge in [0.2, 0.25) is 0 Å². The standard InChI is InChI=1S/C9H9BrF2O/c1-13-9-6(2-3-10)4-7(11)5-8(9)12/h4-5H,2-3H2,1H3. The number of alkyl halides is 1. The van der Waals surface area contributed by atoms with Crippen LogP contribution in [0.15, 0.2) is 12.1 Å². The molecule has 1 nitrogen and oxygen atoms in total. The van der Waals surface area contributed by atoms with Crippen molar-refractivity contribution >= 4 is 15.9 Å². The van der Waals surface area contributed by atoms with Gasteiger partial charge in [-0.05, 0) is 12.5 Å². The van der Waals surface area contributed by atoms with Crippen LogP contribution in [0.3, 0.4) is 0 Å². The van der Waals surface area contributed by atoms with E-state index in [1.54, 1.807) is 0 Å². The molecule has 13 heavy (non-hydrogen) atoms. The maximum atomic E-state index is 13.1. The summed E-state index contributed by atoms with van der Waals surface area (Å²) in [6.07, 6.45) is 0.540. The van der Waals surface area contributed by atoms with Gasteiger partial charge in [0, 0.05) is 17.0 Å². The van der Waals surface area contributed by atoms with E-state index < -0.39 is 11.6 Å². The van der Waals surface area contributed by atoms with Crippen molar-refractivity contribution in [1.82, 2.24) is 0 Å². The second kappa shape index (κ2) is 4.56. The third-order valence-corrected chi connectivity index (χ3v) is 2.05. The fourth-order valence-corrected chi connectivity index (χ4v) is 1.56. The normalized spacial score (nSPS) is 10.2. The highest BCUT2D eigenvalue weighted by molar-refractivity contribution is 9.09. The Morgan fingerprint density at radius 2 is 2.08 bits per heavy atom. The van der Waals surface area contributed by atoms with Crippen LogP contribution >= 0.6 is 15.9 Å². The molecule has 0 heterocycles. The van der Waals surface area contributed by atoms with Gasteiger partial charge in [-0.1, -0.05) is 15.9 Å². The van der Waals surface area contributed by atoms with E-state index in [0.29, 0.717) is 17.3 Å². The summed E-state index contributed by atoms with van der Waals surface area (Å²) in [7, 11) is 1.37. The van der Waals surface area contributed by atoms with Gasteiger partial charge in [0.05, 0.1) is 7.11 Å². The van der Waals surface area contributed by atoms with Gasteiger partial charge >= 0.3 is 0 Å². The number of methoxy groups -OCH3 is 1. The molecule has 0 amide bonds. The smallest absolute Gasteiger partial charge is 0.168 e. The Kier molecular flexibility index (Phi) is 3.66. The average molecular weight is 251 g/mol. The highest BCUT2D eigenvalue weighted by Gasteiger charge is 2.10. The maximum absolute atomic E-state index is 13.1. The summed E-state index contributed by atoms with van der Waals surface area (Å²) < 4.78 is 30.6. The number of hydrogen-bond acceptors (Lipinski definition) is 1. The Labute approximate surface area is 83.8 Å². The predicted molar refractivity (Wildman–Crippen MR) is 50.4 cm³/mol. The first-order chi connectivity index (χ1) is 6.19. The van der Waals surface area contributed by atoms with Crippen LogP contribution in [0.25, 0.3) is 0 Å². The quantitative estimate of drug-likeness (QED) is 0.750. The molecule has 0 spiro atoms. The zero-order chi connectivity index (χ0) is 9.84. The first-order valence-electron chi connectivity index (χ1n) is 3.77. The molecular weight excluding hydrogens is 242 g/mol. The Morgan fingerprint density at radius 3 is 2.62 bits per heavy atom. The summed E-state index contributed by atoms with van der Waals surface area (Å²) in [4.78, 5) is 0. The number of aryl methyl sites for hydroxylation is 1. The van der Waals surface area contributed by atoms with Crippen molar-refractivity contribution in [3.05, 3.63) is 29.3 Å². The number of hydrogen-bond donors (Lipinski definition) is 0. The monoisotopic (exact) mass is 250 g/mol. The Hall–Kier alpha value is -0.640. The van der Waals surface area contributed by atoms with Crippen molar-refractivity contribution in [2.45, 2.75) is 6.42 Å². The topological polar surface area (TPSA) is 9.23 Å². The lowest BCUT2D eigenvalue weighted by Gasteiger charge is -2.07. The molecule has 0 saturated heterocycles. The Balaban J connectivity index is 3.13. The molecule has 4 heteroatoms. The van der Waals surface area contributed by atoms with Gasteiger partial charge in [-0.3, -0.25) is 0 Å². The van der Waals surface area contributed by atoms with Gasteiger partial charge in [-0.2, -0.15) is 0 Å². The van der Waals surface area contributed by atoms with Gasteiger partial charge in [-0.25, -0.2) is 8.78 Å². The maximum Gasteiger partial charge on any atom is 0.168 e. The van der Waals surface area contributed by atoms with Crippen LogP contribution in [0.5, 0.6) is 5.75 Å². The van der Waals surface area contributed by atoms with Gasteiger partial charge in [-0.15, -0.1) is 0 Å². The molecule has 72 valence electrons. The van der Waals surface area contributed by atoms with Gasteiger partial charge in [0.15, 0.2) is 11.6 Å². The van der Waals surface area contributed by atoms with Crippen molar-refractivity contribution in [2.24, 2.45) is 0 Å². The van der Waals surface area contributed by atoms with Crippen LogP contribution in [0.1, 0.15) is 5.56 Å². The molecule has 0 N–H and O–H groups in total. The minimum atomic E-state index is -0.654. The number of rotatable bonds is 3. The molecule has 0 aliphatic carbocycles. The van der Waals surface area contributed by atoms with E-state index >= 15 is 0 Å². The lowest BCUT2D eigenvalue weighted by Crippen LogP contribution is -1.97. The molecule has 1 rings (SSSR count). The molecule has 0 atom stereocenters. The summed E-state index contributed by atoms with van der Waals surface area (Å²) in [5.74, 6) is -1.10. The van der Waals surface area contributed by atoms with Crippen molar-refractivity contribution < 1.29 is 13.5 Å².